The predicted octanol–water partition coefficient (Wildman–Crippen LogP) is 7.32. The Balaban J connectivity index is 1.33. The van der Waals surface area contributed by atoms with E-state index in [1.54, 1.807) is 18.1 Å². The van der Waals surface area contributed by atoms with Gasteiger partial charge in [0.1, 0.15) is 16.9 Å². The standard InChI is InChI=1S/C29H33N3O5/c1-29(2,3)37-28(34)32-15-13-18(14-16-32)9-10-20-24(35-4)12-11-21-26(33)25(36-27(20)21)17-23-19-7-5-6-8-22(19)30-31-23/h5-8,11-12,17-18,33H,9-10,13-16H2,1-4H3. The maximum atomic E-state index is 12.4. The number of hydrogen-bond acceptors (Lipinski definition) is 7. The van der Waals surface area contributed by atoms with E-state index in [0.29, 0.717) is 41.4 Å². The van der Waals surface area contributed by atoms with Crippen LogP contribution in [-0.4, -0.2) is 41.9 Å². The van der Waals surface area contributed by atoms with Gasteiger partial charge in [-0.25, -0.2) is 4.79 Å². The van der Waals surface area contributed by atoms with Gasteiger partial charge < -0.3 is 23.9 Å². The number of nitrogens with zero attached hydrogens (tertiary/aromatic N) is 3. The second-order valence-corrected chi connectivity index (χ2v) is 10.6. The van der Waals surface area contributed by atoms with Crippen LogP contribution in [0.2, 0.25) is 0 Å². The fourth-order valence-corrected chi connectivity index (χ4v) is 4.98. The molecule has 1 N–H and O–H groups in total. The van der Waals surface area contributed by atoms with E-state index >= 15 is 0 Å². The molecule has 0 unspecified atom stereocenters. The fourth-order valence-electron chi connectivity index (χ4n) is 4.98. The van der Waals surface area contributed by atoms with Gasteiger partial charge in [0, 0.05) is 30.3 Å². The van der Waals surface area contributed by atoms with Gasteiger partial charge in [0.05, 0.1) is 23.9 Å². The van der Waals surface area contributed by atoms with Crippen molar-refractivity contribution in [2.24, 2.45) is 16.1 Å². The Morgan fingerprint density at radius 2 is 1.92 bits per heavy atom. The summed E-state index contributed by atoms with van der Waals surface area (Å²) in [7, 11) is 1.64. The number of methoxy groups -OCH3 is 1. The van der Waals surface area contributed by atoms with Gasteiger partial charge in [-0.05, 0) is 70.6 Å². The highest BCUT2D eigenvalue weighted by Crippen LogP contribution is 2.42. The molecule has 2 aromatic carbocycles. The molecule has 194 valence electrons. The number of piperidine rings is 1. The molecule has 8 nitrogen and oxygen atoms in total. The Morgan fingerprint density at radius 3 is 2.65 bits per heavy atom. The summed E-state index contributed by atoms with van der Waals surface area (Å²) in [5.74, 6) is 1.63. The molecule has 1 amide bonds. The molecule has 0 spiro atoms. The number of hydrogen-bond donors (Lipinski definition) is 1. The second kappa shape index (κ2) is 9.92. The molecule has 1 fully saturated rings. The van der Waals surface area contributed by atoms with Crippen molar-refractivity contribution in [3.63, 3.8) is 0 Å². The van der Waals surface area contributed by atoms with Crippen molar-refractivity contribution in [2.45, 2.75) is 52.1 Å². The lowest BCUT2D eigenvalue weighted by Gasteiger charge is -2.33. The van der Waals surface area contributed by atoms with Crippen molar-refractivity contribution in [1.82, 2.24) is 4.90 Å². The van der Waals surface area contributed by atoms with Gasteiger partial charge in [0.2, 0.25) is 0 Å². The Labute approximate surface area is 216 Å². The molecular formula is C29H33N3O5. The molecule has 37 heavy (non-hydrogen) atoms. The number of rotatable bonds is 5. The average Bonchev–Trinajstić information content (AvgIpc) is 3.43. The largest absolute Gasteiger partial charge is 0.504 e. The summed E-state index contributed by atoms with van der Waals surface area (Å²) in [4.78, 5) is 14.2. The number of carbonyl (C=O) groups is 1. The highest BCUT2D eigenvalue weighted by molar-refractivity contribution is 5.95. The van der Waals surface area contributed by atoms with Crippen LogP contribution in [0.5, 0.6) is 11.5 Å². The summed E-state index contributed by atoms with van der Waals surface area (Å²) in [6.07, 6.45) is 4.99. The molecule has 1 saturated heterocycles. The maximum absolute atomic E-state index is 12.4. The summed E-state index contributed by atoms with van der Waals surface area (Å²) in [6.45, 7) is 7.04. The number of carbonyl (C=O) groups excluding carboxylic acids is 1. The van der Waals surface area contributed by atoms with Crippen LogP contribution in [0.25, 0.3) is 22.7 Å². The predicted molar refractivity (Wildman–Crippen MR) is 142 cm³/mol. The average molecular weight is 504 g/mol. The molecule has 3 aromatic rings. The third-order valence-electron chi connectivity index (χ3n) is 6.92. The van der Waals surface area contributed by atoms with Crippen LogP contribution in [0.4, 0.5) is 10.5 Å². The van der Waals surface area contributed by atoms with Crippen molar-refractivity contribution in [3.05, 3.63) is 53.3 Å². The van der Waals surface area contributed by atoms with E-state index in [1.807, 2.05) is 57.2 Å². The van der Waals surface area contributed by atoms with E-state index in [9.17, 15) is 9.90 Å². The number of ether oxygens (including phenoxy) is 2. The van der Waals surface area contributed by atoms with Gasteiger partial charge in [-0.2, -0.15) is 0 Å². The van der Waals surface area contributed by atoms with Crippen LogP contribution in [-0.2, 0) is 11.2 Å². The number of aryl methyl sites for hydroxylation is 1. The maximum Gasteiger partial charge on any atom is 0.410 e. The Kier molecular flexibility index (Phi) is 6.67. The van der Waals surface area contributed by atoms with Crippen molar-refractivity contribution in [3.8, 4) is 11.5 Å². The normalized spacial score (nSPS) is 17.0. The molecule has 2 aliphatic rings. The zero-order chi connectivity index (χ0) is 26.2. The number of azo groups is 1. The summed E-state index contributed by atoms with van der Waals surface area (Å²) < 4.78 is 17.4. The van der Waals surface area contributed by atoms with E-state index in [-0.39, 0.29) is 11.8 Å². The zero-order valence-electron chi connectivity index (χ0n) is 21.8. The van der Waals surface area contributed by atoms with Gasteiger partial charge in [0.15, 0.2) is 11.5 Å². The van der Waals surface area contributed by atoms with Crippen LogP contribution < -0.4 is 4.74 Å². The van der Waals surface area contributed by atoms with E-state index < -0.39 is 5.60 Å². The minimum atomic E-state index is -0.490. The number of likely N-dealkylation sites (tertiary alicyclic amines) is 1. The molecule has 0 aliphatic carbocycles. The highest BCUT2D eigenvalue weighted by Gasteiger charge is 2.28. The van der Waals surface area contributed by atoms with Gasteiger partial charge in [-0.1, -0.05) is 18.2 Å². The van der Waals surface area contributed by atoms with Crippen LogP contribution in [0.15, 0.2) is 51.0 Å². The minimum Gasteiger partial charge on any atom is -0.504 e. The third kappa shape index (κ3) is 5.19. The van der Waals surface area contributed by atoms with E-state index in [2.05, 4.69) is 10.2 Å². The van der Waals surface area contributed by atoms with Crippen LogP contribution in [0, 0.1) is 5.92 Å². The molecule has 0 saturated carbocycles. The third-order valence-corrected chi connectivity index (χ3v) is 6.92. The molecule has 0 atom stereocenters. The highest BCUT2D eigenvalue weighted by atomic mass is 16.6. The van der Waals surface area contributed by atoms with Gasteiger partial charge in [0.25, 0.3) is 0 Å². The summed E-state index contributed by atoms with van der Waals surface area (Å²) in [5, 5.41) is 20.1. The second-order valence-electron chi connectivity index (χ2n) is 10.6. The smallest absolute Gasteiger partial charge is 0.410 e. The monoisotopic (exact) mass is 503 g/mol. The Morgan fingerprint density at radius 1 is 1.16 bits per heavy atom. The van der Waals surface area contributed by atoms with E-state index in [1.165, 1.54) is 0 Å². The lowest BCUT2D eigenvalue weighted by Crippen LogP contribution is -2.41. The number of furan rings is 1. The molecule has 8 heteroatoms. The van der Waals surface area contributed by atoms with Crippen molar-refractivity contribution in [2.75, 3.05) is 20.2 Å². The first kappa shape index (κ1) is 24.9. The summed E-state index contributed by atoms with van der Waals surface area (Å²) in [5.41, 5.74) is 3.41. The molecule has 0 radical (unpaired) electrons. The summed E-state index contributed by atoms with van der Waals surface area (Å²) >= 11 is 0. The molecule has 2 aliphatic heterocycles. The van der Waals surface area contributed by atoms with Gasteiger partial charge >= 0.3 is 6.09 Å². The topological polar surface area (TPSA) is 96.9 Å². The lowest BCUT2D eigenvalue weighted by molar-refractivity contribution is 0.0181. The summed E-state index contributed by atoms with van der Waals surface area (Å²) in [6, 6.07) is 11.4. The van der Waals surface area contributed by atoms with E-state index in [4.69, 9.17) is 13.9 Å². The van der Waals surface area contributed by atoms with Crippen LogP contribution >= 0.6 is 0 Å². The molecular weight excluding hydrogens is 470 g/mol. The van der Waals surface area contributed by atoms with Crippen LogP contribution in [0.1, 0.15) is 56.9 Å². The SMILES string of the molecule is COc1ccc2c(O)c(C=C3N=Nc4ccccc43)oc2c1CCC1CCN(C(=O)OC(C)(C)C)CC1. The zero-order valence-corrected chi connectivity index (χ0v) is 21.8. The minimum absolute atomic E-state index is 0.0802. The Bertz CT molecular complexity index is 1370. The fraction of sp³-hybridized carbons (Fsp3) is 0.414. The first-order valence-electron chi connectivity index (χ1n) is 12.8. The van der Waals surface area contributed by atoms with Crippen molar-refractivity contribution >= 4 is 34.5 Å². The van der Waals surface area contributed by atoms with Gasteiger partial charge in [-0.15, -0.1) is 10.2 Å². The van der Waals surface area contributed by atoms with Crippen LogP contribution in [0.3, 0.4) is 0 Å². The number of aromatic hydroxyl groups is 1. The van der Waals surface area contributed by atoms with Crippen molar-refractivity contribution < 1.29 is 23.8 Å². The number of amides is 1. The van der Waals surface area contributed by atoms with Gasteiger partial charge in [-0.3, -0.25) is 0 Å². The Hall–Kier alpha value is -3.81. The number of benzene rings is 2. The quantitative estimate of drug-likeness (QED) is 0.393. The molecule has 1 aromatic heterocycles. The first-order valence-corrected chi connectivity index (χ1v) is 12.8. The first-order chi connectivity index (χ1) is 17.7. The molecule has 5 rings (SSSR count). The van der Waals surface area contributed by atoms with Crippen molar-refractivity contribution in [1.29, 1.82) is 0 Å². The molecule has 0 bridgehead atoms. The van der Waals surface area contributed by atoms with E-state index in [0.717, 1.165) is 48.2 Å². The lowest BCUT2D eigenvalue weighted by atomic mass is 9.90. The number of fused-ring (bicyclic) bond motifs is 2. The molecule has 3 heterocycles.